The van der Waals surface area contributed by atoms with Crippen LogP contribution >= 0.6 is 0 Å². The topological polar surface area (TPSA) is 18.5 Å². The van der Waals surface area contributed by atoms with Gasteiger partial charge in [-0.1, -0.05) is 13.3 Å². The Morgan fingerprint density at radius 2 is 2.06 bits per heavy atom. The number of hydrogen-bond donors (Lipinski definition) is 1. The van der Waals surface area contributed by atoms with Crippen LogP contribution < -0.4 is 5.32 Å². The highest BCUT2D eigenvalue weighted by atomic mass is 15.3. The van der Waals surface area contributed by atoms with Gasteiger partial charge in [0.15, 0.2) is 0 Å². The molecule has 1 saturated heterocycles. The van der Waals surface area contributed by atoms with Crippen molar-refractivity contribution < 1.29 is 0 Å². The molecule has 18 heavy (non-hydrogen) atoms. The minimum Gasteiger partial charge on any atom is -0.314 e. The number of hydrogen-bond acceptors (Lipinski definition) is 3. The predicted molar refractivity (Wildman–Crippen MR) is 78.0 cm³/mol. The summed E-state index contributed by atoms with van der Waals surface area (Å²) in [4.78, 5) is 5.25. The van der Waals surface area contributed by atoms with Crippen LogP contribution in [0.2, 0.25) is 0 Å². The Hall–Kier alpha value is -0.120. The number of rotatable bonds is 4. The lowest BCUT2D eigenvalue weighted by Gasteiger charge is -2.45. The van der Waals surface area contributed by atoms with Crippen molar-refractivity contribution in [3.63, 3.8) is 0 Å². The number of piperazine rings is 1. The van der Waals surface area contributed by atoms with E-state index in [-0.39, 0.29) is 0 Å². The van der Waals surface area contributed by atoms with Gasteiger partial charge in [-0.3, -0.25) is 4.90 Å². The summed E-state index contributed by atoms with van der Waals surface area (Å²) in [5.41, 5.74) is 0. The van der Waals surface area contributed by atoms with Crippen LogP contribution in [0.3, 0.4) is 0 Å². The molecule has 0 radical (unpaired) electrons. The van der Waals surface area contributed by atoms with Gasteiger partial charge < -0.3 is 10.2 Å². The average molecular weight is 253 g/mol. The molecular weight excluding hydrogens is 222 g/mol. The first kappa shape index (κ1) is 14.3. The molecule has 1 N–H and O–H groups in total. The third-order valence-electron chi connectivity index (χ3n) is 4.68. The molecule has 1 aliphatic carbocycles. The van der Waals surface area contributed by atoms with E-state index < -0.39 is 0 Å². The molecule has 3 unspecified atom stereocenters. The van der Waals surface area contributed by atoms with Gasteiger partial charge in [0.1, 0.15) is 0 Å². The van der Waals surface area contributed by atoms with Crippen LogP contribution in [-0.4, -0.2) is 61.2 Å². The van der Waals surface area contributed by atoms with Gasteiger partial charge in [0.2, 0.25) is 0 Å². The minimum absolute atomic E-state index is 0.735. The molecule has 0 aromatic rings. The second-order valence-corrected chi connectivity index (χ2v) is 6.32. The summed E-state index contributed by atoms with van der Waals surface area (Å²) in [6.45, 7) is 9.60. The van der Waals surface area contributed by atoms with E-state index in [1.807, 2.05) is 0 Å². The molecule has 1 saturated carbocycles. The van der Waals surface area contributed by atoms with E-state index in [0.29, 0.717) is 0 Å². The van der Waals surface area contributed by atoms with Gasteiger partial charge in [0.05, 0.1) is 0 Å². The average Bonchev–Trinajstić information content (AvgIpc) is 2.36. The Kier molecular flexibility index (Phi) is 5.46. The molecule has 2 fully saturated rings. The number of likely N-dealkylation sites (N-methyl/N-ethyl adjacent to an activating group) is 1. The smallest absolute Gasteiger partial charge is 0.0198 e. The van der Waals surface area contributed by atoms with Crippen molar-refractivity contribution in [2.45, 2.75) is 64.1 Å². The molecule has 1 aliphatic heterocycles. The fourth-order valence-corrected chi connectivity index (χ4v) is 3.70. The predicted octanol–water partition coefficient (Wildman–Crippen LogP) is 1.93. The lowest BCUT2D eigenvalue weighted by molar-refractivity contribution is 0.0398. The summed E-state index contributed by atoms with van der Waals surface area (Å²) in [5.74, 6) is 0. The molecule has 1 heterocycles. The minimum atomic E-state index is 0.735. The standard InChI is InChI=1S/C15H31N3/c1-4-8-16-14-6-5-7-15(11-14)18-10-9-17(3)12-13(18)2/h13-16H,4-12H2,1-3H3. The molecule has 2 aliphatic rings. The Morgan fingerprint density at radius 1 is 1.22 bits per heavy atom. The molecule has 3 nitrogen and oxygen atoms in total. The summed E-state index contributed by atoms with van der Waals surface area (Å²) in [6.07, 6.45) is 6.84. The quantitative estimate of drug-likeness (QED) is 0.826. The molecule has 0 bridgehead atoms. The van der Waals surface area contributed by atoms with Gasteiger partial charge in [0.25, 0.3) is 0 Å². The zero-order valence-corrected chi connectivity index (χ0v) is 12.5. The van der Waals surface area contributed by atoms with Crippen molar-refractivity contribution in [3.8, 4) is 0 Å². The fraction of sp³-hybridized carbons (Fsp3) is 1.00. The number of nitrogens with zero attached hydrogens (tertiary/aromatic N) is 2. The molecule has 2 rings (SSSR count). The maximum absolute atomic E-state index is 3.73. The van der Waals surface area contributed by atoms with Crippen LogP contribution in [0, 0.1) is 0 Å². The zero-order chi connectivity index (χ0) is 13.0. The molecule has 0 aromatic carbocycles. The fourth-order valence-electron chi connectivity index (χ4n) is 3.70. The van der Waals surface area contributed by atoms with Crippen molar-refractivity contribution in [1.29, 1.82) is 0 Å². The van der Waals surface area contributed by atoms with E-state index in [9.17, 15) is 0 Å². The Balaban J connectivity index is 1.84. The Bertz CT molecular complexity index is 244. The highest BCUT2D eigenvalue weighted by Gasteiger charge is 2.31. The van der Waals surface area contributed by atoms with E-state index >= 15 is 0 Å². The molecule has 0 spiro atoms. The van der Waals surface area contributed by atoms with Crippen molar-refractivity contribution in [2.24, 2.45) is 0 Å². The first-order valence-electron chi connectivity index (χ1n) is 7.88. The summed E-state index contributed by atoms with van der Waals surface area (Å²) in [7, 11) is 2.25. The lowest BCUT2D eigenvalue weighted by atomic mass is 9.88. The molecular formula is C15H31N3. The molecule has 3 heteroatoms. The maximum atomic E-state index is 3.73. The van der Waals surface area contributed by atoms with Crippen molar-refractivity contribution >= 4 is 0 Å². The first-order valence-corrected chi connectivity index (χ1v) is 7.88. The summed E-state index contributed by atoms with van der Waals surface area (Å²) >= 11 is 0. The second kappa shape index (κ2) is 6.88. The van der Waals surface area contributed by atoms with Crippen LogP contribution in [-0.2, 0) is 0 Å². The van der Waals surface area contributed by atoms with E-state index in [2.05, 4.69) is 36.0 Å². The lowest BCUT2D eigenvalue weighted by Crippen LogP contribution is -2.56. The van der Waals surface area contributed by atoms with Gasteiger partial charge in [-0.05, 0) is 46.2 Å². The first-order chi connectivity index (χ1) is 8.70. The second-order valence-electron chi connectivity index (χ2n) is 6.32. The van der Waals surface area contributed by atoms with Gasteiger partial charge in [-0.15, -0.1) is 0 Å². The normalized spacial score (nSPS) is 35.8. The third-order valence-corrected chi connectivity index (χ3v) is 4.68. The van der Waals surface area contributed by atoms with Gasteiger partial charge in [0, 0.05) is 37.8 Å². The van der Waals surface area contributed by atoms with Crippen LogP contribution in [0.25, 0.3) is 0 Å². The summed E-state index contributed by atoms with van der Waals surface area (Å²) < 4.78 is 0. The third kappa shape index (κ3) is 3.69. The molecule has 0 amide bonds. The summed E-state index contributed by atoms with van der Waals surface area (Å²) in [5, 5.41) is 3.73. The van der Waals surface area contributed by atoms with Gasteiger partial charge in [-0.2, -0.15) is 0 Å². The Morgan fingerprint density at radius 3 is 2.78 bits per heavy atom. The van der Waals surface area contributed by atoms with Crippen LogP contribution in [0.1, 0.15) is 46.0 Å². The largest absolute Gasteiger partial charge is 0.314 e. The van der Waals surface area contributed by atoms with Gasteiger partial charge in [-0.25, -0.2) is 0 Å². The Labute approximate surface area is 113 Å². The highest BCUT2D eigenvalue weighted by molar-refractivity contribution is 4.89. The summed E-state index contributed by atoms with van der Waals surface area (Å²) in [6, 6.07) is 2.34. The molecule has 0 aromatic heterocycles. The highest BCUT2D eigenvalue weighted by Crippen LogP contribution is 2.26. The molecule has 106 valence electrons. The molecule has 3 atom stereocenters. The maximum Gasteiger partial charge on any atom is 0.0198 e. The SMILES string of the molecule is CCCNC1CCCC(N2CCN(C)CC2C)C1. The van der Waals surface area contributed by atoms with Crippen LogP contribution in [0.15, 0.2) is 0 Å². The van der Waals surface area contributed by atoms with Crippen molar-refractivity contribution in [3.05, 3.63) is 0 Å². The van der Waals surface area contributed by atoms with Gasteiger partial charge >= 0.3 is 0 Å². The van der Waals surface area contributed by atoms with Crippen molar-refractivity contribution in [2.75, 3.05) is 33.2 Å². The van der Waals surface area contributed by atoms with E-state index in [1.54, 1.807) is 0 Å². The van der Waals surface area contributed by atoms with Crippen molar-refractivity contribution in [1.82, 2.24) is 15.1 Å². The van der Waals surface area contributed by atoms with Crippen LogP contribution in [0.5, 0.6) is 0 Å². The number of nitrogens with one attached hydrogen (secondary N) is 1. The van der Waals surface area contributed by atoms with Crippen LogP contribution in [0.4, 0.5) is 0 Å². The van der Waals surface area contributed by atoms with E-state index in [1.165, 1.54) is 58.3 Å². The van der Waals surface area contributed by atoms with E-state index in [4.69, 9.17) is 0 Å². The van der Waals surface area contributed by atoms with E-state index in [0.717, 1.165) is 18.1 Å². The monoisotopic (exact) mass is 253 g/mol. The zero-order valence-electron chi connectivity index (χ0n) is 12.5.